The molecule has 6 nitrogen and oxygen atoms in total. The van der Waals surface area contributed by atoms with E-state index >= 15 is 0 Å². The summed E-state index contributed by atoms with van der Waals surface area (Å²) in [6, 6.07) is 10.3. The van der Waals surface area contributed by atoms with E-state index in [9.17, 15) is 9.59 Å². The monoisotopic (exact) mass is 375 g/mol. The smallest absolute Gasteiger partial charge is 0.295 e. The molecule has 0 N–H and O–H groups in total. The van der Waals surface area contributed by atoms with E-state index in [4.69, 9.17) is 4.74 Å². The third-order valence-corrected chi connectivity index (χ3v) is 5.97. The van der Waals surface area contributed by atoms with Gasteiger partial charge in [-0.1, -0.05) is 19.1 Å². The minimum absolute atomic E-state index is 0.0280. The van der Waals surface area contributed by atoms with Gasteiger partial charge in [0.15, 0.2) is 11.5 Å². The topological polar surface area (TPSA) is 72.4 Å². The molecule has 28 heavy (non-hydrogen) atoms. The fraction of sp³-hybridized carbons (Fsp3) is 0.364. The molecule has 6 heteroatoms. The van der Waals surface area contributed by atoms with Crippen LogP contribution in [0.4, 0.5) is 5.82 Å². The minimum Gasteiger partial charge on any atom is -0.483 e. The number of nitrogens with zero attached hydrogens (tertiary/aromatic N) is 3. The van der Waals surface area contributed by atoms with Crippen LogP contribution in [0, 0.1) is 11.8 Å². The zero-order valence-electron chi connectivity index (χ0n) is 15.6. The van der Waals surface area contributed by atoms with Crippen molar-refractivity contribution >= 4 is 17.5 Å². The van der Waals surface area contributed by atoms with Gasteiger partial charge in [0.2, 0.25) is 0 Å². The van der Waals surface area contributed by atoms with E-state index in [1.165, 1.54) is 0 Å². The summed E-state index contributed by atoms with van der Waals surface area (Å²) >= 11 is 0. The lowest BCUT2D eigenvalue weighted by Crippen LogP contribution is -2.41. The van der Waals surface area contributed by atoms with Gasteiger partial charge in [0.05, 0.1) is 17.2 Å². The third-order valence-electron chi connectivity index (χ3n) is 5.97. The van der Waals surface area contributed by atoms with Crippen molar-refractivity contribution in [1.82, 2.24) is 9.97 Å². The normalized spacial score (nSPS) is 29.4. The highest BCUT2D eigenvalue weighted by molar-refractivity contribution is 6.17. The Bertz CT molecular complexity index is 958. The Morgan fingerprint density at radius 2 is 1.82 bits per heavy atom. The van der Waals surface area contributed by atoms with E-state index in [0.717, 1.165) is 19.3 Å². The van der Waals surface area contributed by atoms with Gasteiger partial charge in [-0.3, -0.25) is 19.5 Å². The summed E-state index contributed by atoms with van der Waals surface area (Å²) in [4.78, 5) is 37.2. The van der Waals surface area contributed by atoms with Gasteiger partial charge >= 0.3 is 0 Å². The predicted molar refractivity (Wildman–Crippen MR) is 102 cm³/mol. The molecule has 2 aromatic heterocycles. The minimum atomic E-state index is -0.607. The summed E-state index contributed by atoms with van der Waals surface area (Å²) in [5.74, 6) is 0.681. The van der Waals surface area contributed by atoms with Gasteiger partial charge in [0.1, 0.15) is 18.0 Å². The molecule has 4 unspecified atom stereocenters. The fourth-order valence-electron chi connectivity index (χ4n) is 4.63. The highest BCUT2D eigenvalue weighted by Gasteiger charge is 2.53. The number of pyridine rings is 2. The lowest BCUT2D eigenvalue weighted by molar-refractivity contribution is -0.132. The number of anilines is 1. The standard InChI is InChI=1S/C22H21N3O3/c1-13-8-9-16-14(12-13)20(26)18-19(15-6-2-4-10-23-15)25(22(27)21(18)28-16)17-7-3-5-11-24-17/h2-7,10-11,13-14,16,19H,8-9,12H2,1H3. The van der Waals surface area contributed by atoms with Gasteiger partial charge in [-0.2, -0.15) is 0 Å². The van der Waals surface area contributed by atoms with Crippen LogP contribution in [-0.4, -0.2) is 27.8 Å². The largest absolute Gasteiger partial charge is 0.483 e. The summed E-state index contributed by atoms with van der Waals surface area (Å²) < 4.78 is 6.16. The van der Waals surface area contributed by atoms with E-state index in [2.05, 4.69) is 16.9 Å². The van der Waals surface area contributed by atoms with E-state index in [-0.39, 0.29) is 29.5 Å². The third kappa shape index (κ3) is 2.55. The number of ketones is 1. The number of hydrogen-bond donors (Lipinski definition) is 0. The first-order valence-corrected chi connectivity index (χ1v) is 9.75. The Hall–Kier alpha value is -3.02. The Morgan fingerprint density at radius 1 is 1.04 bits per heavy atom. The van der Waals surface area contributed by atoms with E-state index < -0.39 is 6.04 Å². The van der Waals surface area contributed by atoms with Crippen LogP contribution in [-0.2, 0) is 14.3 Å². The molecule has 1 fully saturated rings. The Morgan fingerprint density at radius 3 is 2.54 bits per heavy atom. The van der Waals surface area contributed by atoms with Gasteiger partial charge in [-0.25, -0.2) is 4.98 Å². The highest BCUT2D eigenvalue weighted by atomic mass is 16.5. The molecule has 0 spiro atoms. The first kappa shape index (κ1) is 17.1. The van der Waals surface area contributed by atoms with Crippen molar-refractivity contribution in [2.24, 2.45) is 11.8 Å². The fourth-order valence-corrected chi connectivity index (χ4v) is 4.63. The van der Waals surface area contributed by atoms with E-state index in [1.807, 2.05) is 24.3 Å². The van der Waals surface area contributed by atoms with Crippen LogP contribution in [0.5, 0.6) is 0 Å². The van der Waals surface area contributed by atoms with Gasteiger partial charge in [0.25, 0.3) is 5.91 Å². The van der Waals surface area contributed by atoms with Crippen LogP contribution in [0.25, 0.3) is 0 Å². The second-order valence-electron chi connectivity index (χ2n) is 7.81. The van der Waals surface area contributed by atoms with Crippen molar-refractivity contribution < 1.29 is 14.3 Å². The average Bonchev–Trinajstić information content (AvgIpc) is 3.03. The molecule has 4 heterocycles. The molecular formula is C22H21N3O3. The maximum atomic E-state index is 13.5. The van der Waals surface area contributed by atoms with Crippen LogP contribution in [0.2, 0.25) is 0 Å². The lowest BCUT2D eigenvalue weighted by atomic mass is 9.74. The quantitative estimate of drug-likeness (QED) is 0.806. The van der Waals surface area contributed by atoms with Crippen molar-refractivity contribution in [3.8, 4) is 0 Å². The summed E-state index contributed by atoms with van der Waals surface area (Å²) in [6.45, 7) is 2.17. The molecule has 0 aromatic carbocycles. The zero-order valence-corrected chi connectivity index (χ0v) is 15.6. The summed E-state index contributed by atoms with van der Waals surface area (Å²) in [5.41, 5.74) is 1.08. The molecule has 5 rings (SSSR count). The maximum absolute atomic E-state index is 13.5. The molecule has 142 valence electrons. The summed E-state index contributed by atoms with van der Waals surface area (Å²) in [5, 5.41) is 0. The second-order valence-corrected chi connectivity index (χ2v) is 7.81. The molecule has 3 aliphatic rings. The Kier molecular flexibility index (Phi) is 4.00. The second kappa shape index (κ2) is 6.55. The van der Waals surface area contributed by atoms with Crippen molar-refractivity contribution in [2.45, 2.75) is 38.3 Å². The number of amides is 1. The number of Topliss-reactive ketones (excluding diaryl/α,β-unsaturated/α-hetero) is 1. The van der Waals surface area contributed by atoms with Crippen LogP contribution in [0.3, 0.4) is 0 Å². The molecule has 0 saturated heterocycles. The molecule has 4 atom stereocenters. The van der Waals surface area contributed by atoms with Gasteiger partial charge in [-0.15, -0.1) is 0 Å². The number of carbonyl (C=O) groups is 2. The van der Waals surface area contributed by atoms with E-state index in [1.54, 1.807) is 29.4 Å². The number of rotatable bonds is 2. The van der Waals surface area contributed by atoms with Gasteiger partial charge < -0.3 is 4.74 Å². The number of fused-ring (bicyclic) bond motifs is 1. The first-order chi connectivity index (χ1) is 13.6. The van der Waals surface area contributed by atoms with Crippen LogP contribution < -0.4 is 4.90 Å². The van der Waals surface area contributed by atoms with Crippen LogP contribution in [0.1, 0.15) is 37.9 Å². The number of carbonyl (C=O) groups excluding carboxylic acids is 2. The molecular weight excluding hydrogens is 354 g/mol. The molecule has 0 bridgehead atoms. The number of ether oxygens (including phenoxy) is 1. The molecule has 2 aliphatic heterocycles. The van der Waals surface area contributed by atoms with Gasteiger partial charge in [0, 0.05) is 12.4 Å². The molecule has 1 aliphatic carbocycles. The molecule has 1 amide bonds. The van der Waals surface area contributed by atoms with Crippen LogP contribution >= 0.6 is 0 Å². The lowest BCUT2D eigenvalue weighted by Gasteiger charge is -2.37. The number of aromatic nitrogens is 2. The summed E-state index contributed by atoms with van der Waals surface area (Å²) in [6.07, 6.45) is 5.72. The zero-order chi connectivity index (χ0) is 19.3. The Balaban J connectivity index is 1.64. The van der Waals surface area contributed by atoms with Gasteiger partial charge in [-0.05, 0) is 49.4 Å². The molecule has 0 radical (unpaired) electrons. The predicted octanol–water partition coefficient (Wildman–Crippen LogP) is 3.22. The summed E-state index contributed by atoms with van der Waals surface area (Å²) in [7, 11) is 0. The maximum Gasteiger partial charge on any atom is 0.295 e. The van der Waals surface area contributed by atoms with Crippen molar-refractivity contribution in [3.05, 3.63) is 65.8 Å². The SMILES string of the molecule is CC1CCC2OC3=C(C(=O)C2C1)C(c1ccccn1)N(c1ccccn1)C3=O. The molecule has 2 aromatic rings. The van der Waals surface area contributed by atoms with Crippen molar-refractivity contribution in [2.75, 3.05) is 4.90 Å². The van der Waals surface area contributed by atoms with E-state index in [0.29, 0.717) is 23.0 Å². The highest BCUT2D eigenvalue weighted by Crippen LogP contribution is 2.48. The van der Waals surface area contributed by atoms with Crippen molar-refractivity contribution in [1.29, 1.82) is 0 Å². The Labute approximate surface area is 163 Å². The molecule has 1 saturated carbocycles. The van der Waals surface area contributed by atoms with Crippen molar-refractivity contribution in [3.63, 3.8) is 0 Å². The first-order valence-electron chi connectivity index (χ1n) is 9.75. The average molecular weight is 375 g/mol. The van der Waals surface area contributed by atoms with Crippen LogP contribution in [0.15, 0.2) is 60.1 Å². The number of hydrogen-bond acceptors (Lipinski definition) is 5.